The highest BCUT2D eigenvalue weighted by molar-refractivity contribution is 5.97. The summed E-state index contributed by atoms with van der Waals surface area (Å²) < 4.78 is 0. The zero-order valence-electron chi connectivity index (χ0n) is 11.4. The van der Waals surface area contributed by atoms with Gasteiger partial charge in [0.05, 0.1) is 6.10 Å². The van der Waals surface area contributed by atoms with Gasteiger partial charge in [-0.3, -0.25) is 4.79 Å². The SMILES string of the molecule is CC(C)=C1C[C@]2(C)[C@@H](C)CC[C@H](O)[C@@H]2CC1=O. The highest BCUT2D eigenvalue weighted by Crippen LogP contribution is 2.53. The third-order valence-electron chi connectivity index (χ3n) is 5.24. The summed E-state index contributed by atoms with van der Waals surface area (Å²) in [5.41, 5.74) is 2.28. The molecule has 4 atom stereocenters. The lowest BCUT2D eigenvalue weighted by molar-refractivity contribution is -0.128. The highest BCUT2D eigenvalue weighted by atomic mass is 16.3. The average molecular weight is 236 g/mol. The molecule has 0 aromatic heterocycles. The highest BCUT2D eigenvalue weighted by Gasteiger charge is 2.50. The molecule has 96 valence electrons. The van der Waals surface area contributed by atoms with E-state index in [0.717, 1.165) is 30.4 Å². The Bertz CT molecular complexity index is 365. The molecule has 2 saturated carbocycles. The number of fused-ring (bicyclic) bond motifs is 1. The molecule has 0 amide bonds. The van der Waals surface area contributed by atoms with E-state index in [9.17, 15) is 9.90 Å². The Hall–Kier alpha value is -0.630. The van der Waals surface area contributed by atoms with Gasteiger partial charge < -0.3 is 5.11 Å². The first-order chi connectivity index (χ1) is 7.86. The summed E-state index contributed by atoms with van der Waals surface area (Å²) in [6, 6.07) is 0. The predicted octanol–water partition coefficient (Wildman–Crippen LogP) is 3.10. The number of hydrogen-bond acceptors (Lipinski definition) is 2. The van der Waals surface area contributed by atoms with E-state index < -0.39 is 0 Å². The molecule has 2 heteroatoms. The lowest BCUT2D eigenvalue weighted by atomic mass is 9.53. The molecule has 2 aliphatic carbocycles. The zero-order valence-corrected chi connectivity index (χ0v) is 11.4. The first-order valence-electron chi connectivity index (χ1n) is 6.74. The minimum absolute atomic E-state index is 0.109. The second-order valence-corrected chi connectivity index (χ2v) is 6.44. The largest absolute Gasteiger partial charge is 0.393 e. The number of hydrogen-bond donors (Lipinski definition) is 1. The lowest BCUT2D eigenvalue weighted by Crippen LogP contribution is -2.49. The molecule has 0 unspecified atom stereocenters. The Morgan fingerprint density at radius 1 is 1.35 bits per heavy atom. The van der Waals surface area contributed by atoms with Crippen LogP contribution in [-0.4, -0.2) is 17.0 Å². The zero-order chi connectivity index (χ0) is 12.8. The molecule has 0 spiro atoms. The summed E-state index contributed by atoms with van der Waals surface area (Å²) in [4.78, 5) is 12.1. The Balaban J connectivity index is 2.37. The number of aliphatic hydroxyl groups is 1. The van der Waals surface area contributed by atoms with Crippen LogP contribution in [-0.2, 0) is 4.79 Å². The predicted molar refractivity (Wildman–Crippen MR) is 68.6 cm³/mol. The van der Waals surface area contributed by atoms with Gasteiger partial charge in [0.25, 0.3) is 0 Å². The van der Waals surface area contributed by atoms with Crippen LogP contribution in [0.4, 0.5) is 0 Å². The molecule has 2 rings (SSSR count). The van der Waals surface area contributed by atoms with Crippen molar-refractivity contribution >= 4 is 5.78 Å². The molecule has 2 aliphatic rings. The third kappa shape index (κ3) is 1.97. The monoisotopic (exact) mass is 236 g/mol. The molecular formula is C15H24O2. The first kappa shape index (κ1) is 12.8. The van der Waals surface area contributed by atoms with E-state index in [-0.39, 0.29) is 23.2 Å². The van der Waals surface area contributed by atoms with Crippen molar-refractivity contribution in [1.29, 1.82) is 0 Å². The van der Waals surface area contributed by atoms with Crippen LogP contribution in [0.3, 0.4) is 0 Å². The van der Waals surface area contributed by atoms with Gasteiger partial charge >= 0.3 is 0 Å². The van der Waals surface area contributed by atoms with Crippen molar-refractivity contribution < 1.29 is 9.90 Å². The number of allylic oxidation sites excluding steroid dienone is 2. The number of carbonyl (C=O) groups excluding carboxylic acids is 1. The van der Waals surface area contributed by atoms with Crippen LogP contribution < -0.4 is 0 Å². The lowest BCUT2D eigenvalue weighted by Gasteiger charge is -2.51. The van der Waals surface area contributed by atoms with Gasteiger partial charge in [-0.1, -0.05) is 19.4 Å². The Kier molecular flexibility index (Phi) is 3.19. The van der Waals surface area contributed by atoms with Gasteiger partial charge in [0.15, 0.2) is 5.78 Å². The Morgan fingerprint density at radius 2 is 2.00 bits per heavy atom. The van der Waals surface area contributed by atoms with E-state index in [0.29, 0.717) is 12.3 Å². The van der Waals surface area contributed by atoms with Crippen LogP contribution in [0.1, 0.15) is 53.4 Å². The van der Waals surface area contributed by atoms with Crippen LogP contribution >= 0.6 is 0 Å². The van der Waals surface area contributed by atoms with E-state index >= 15 is 0 Å². The van der Waals surface area contributed by atoms with Crippen molar-refractivity contribution in [3.05, 3.63) is 11.1 Å². The van der Waals surface area contributed by atoms with Crippen LogP contribution in [0.25, 0.3) is 0 Å². The van der Waals surface area contributed by atoms with Gasteiger partial charge in [-0.15, -0.1) is 0 Å². The van der Waals surface area contributed by atoms with Gasteiger partial charge in [0.1, 0.15) is 0 Å². The molecule has 2 fully saturated rings. The van der Waals surface area contributed by atoms with E-state index in [2.05, 4.69) is 13.8 Å². The molecule has 0 aromatic rings. The van der Waals surface area contributed by atoms with Gasteiger partial charge in [0, 0.05) is 6.42 Å². The minimum Gasteiger partial charge on any atom is -0.393 e. The summed E-state index contributed by atoms with van der Waals surface area (Å²) in [6.07, 6.45) is 3.07. The molecule has 0 radical (unpaired) electrons. The van der Waals surface area contributed by atoms with Crippen molar-refractivity contribution in [3.8, 4) is 0 Å². The normalized spacial score (nSPS) is 42.3. The standard InChI is InChI=1S/C15H24O2/c1-9(2)11-8-15(4)10(3)5-6-13(16)12(15)7-14(11)17/h10,12-13,16H,5-8H2,1-4H3/t10-,12-,13-,15+/m0/s1. The molecule has 0 aliphatic heterocycles. The summed E-state index contributed by atoms with van der Waals surface area (Å²) in [5.74, 6) is 1.03. The maximum atomic E-state index is 12.1. The summed E-state index contributed by atoms with van der Waals surface area (Å²) in [7, 11) is 0. The average Bonchev–Trinajstić information content (AvgIpc) is 2.26. The smallest absolute Gasteiger partial charge is 0.159 e. The third-order valence-corrected chi connectivity index (χ3v) is 5.24. The van der Waals surface area contributed by atoms with Crippen LogP contribution in [0.5, 0.6) is 0 Å². The minimum atomic E-state index is -0.279. The van der Waals surface area contributed by atoms with E-state index in [1.807, 2.05) is 13.8 Å². The Morgan fingerprint density at radius 3 is 2.59 bits per heavy atom. The molecule has 0 saturated heterocycles. The molecule has 1 N–H and O–H groups in total. The van der Waals surface area contributed by atoms with Crippen molar-refractivity contribution in [1.82, 2.24) is 0 Å². The van der Waals surface area contributed by atoms with Crippen LogP contribution in [0, 0.1) is 17.3 Å². The number of rotatable bonds is 0. The van der Waals surface area contributed by atoms with E-state index in [4.69, 9.17) is 0 Å². The number of carbonyl (C=O) groups is 1. The fourth-order valence-corrected chi connectivity index (χ4v) is 3.69. The summed E-state index contributed by atoms with van der Waals surface area (Å²) in [6.45, 7) is 8.60. The summed E-state index contributed by atoms with van der Waals surface area (Å²) in [5, 5.41) is 10.2. The maximum Gasteiger partial charge on any atom is 0.159 e. The van der Waals surface area contributed by atoms with Gasteiger partial charge in [-0.25, -0.2) is 0 Å². The second kappa shape index (κ2) is 4.24. The van der Waals surface area contributed by atoms with Crippen molar-refractivity contribution in [2.75, 3.05) is 0 Å². The second-order valence-electron chi connectivity index (χ2n) is 6.44. The fourth-order valence-electron chi connectivity index (χ4n) is 3.69. The van der Waals surface area contributed by atoms with E-state index in [1.165, 1.54) is 0 Å². The maximum absolute atomic E-state index is 12.1. The molecule has 0 aromatic carbocycles. The van der Waals surface area contributed by atoms with E-state index in [1.54, 1.807) is 0 Å². The molecule has 0 bridgehead atoms. The molecular weight excluding hydrogens is 212 g/mol. The Labute approximate surface area is 104 Å². The van der Waals surface area contributed by atoms with Crippen molar-refractivity contribution in [2.45, 2.75) is 59.5 Å². The van der Waals surface area contributed by atoms with Crippen LogP contribution in [0.2, 0.25) is 0 Å². The van der Waals surface area contributed by atoms with Gasteiger partial charge in [-0.05, 0) is 55.9 Å². The van der Waals surface area contributed by atoms with Gasteiger partial charge in [0.2, 0.25) is 0 Å². The van der Waals surface area contributed by atoms with Crippen molar-refractivity contribution in [2.24, 2.45) is 17.3 Å². The molecule has 2 nitrogen and oxygen atoms in total. The fraction of sp³-hybridized carbons (Fsp3) is 0.800. The number of Topliss-reactive ketones (excluding diaryl/α,β-unsaturated/α-hetero) is 1. The number of ketones is 1. The quantitative estimate of drug-likeness (QED) is 0.656. The topological polar surface area (TPSA) is 37.3 Å². The van der Waals surface area contributed by atoms with Gasteiger partial charge in [-0.2, -0.15) is 0 Å². The molecule has 0 heterocycles. The van der Waals surface area contributed by atoms with Crippen molar-refractivity contribution in [3.63, 3.8) is 0 Å². The molecule has 17 heavy (non-hydrogen) atoms. The number of aliphatic hydroxyl groups excluding tert-OH is 1. The summed E-state index contributed by atoms with van der Waals surface area (Å²) >= 11 is 0. The van der Waals surface area contributed by atoms with Crippen LogP contribution in [0.15, 0.2) is 11.1 Å². The first-order valence-corrected chi connectivity index (χ1v) is 6.74.